The van der Waals surface area contributed by atoms with Gasteiger partial charge in [-0.3, -0.25) is 0 Å². The van der Waals surface area contributed by atoms with Crippen molar-refractivity contribution in [2.45, 2.75) is 38.5 Å². The van der Waals surface area contributed by atoms with Crippen molar-refractivity contribution in [2.24, 2.45) is 5.92 Å². The van der Waals surface area contributed by atoms with Crippen LogP contribution in [0.2, 0.25) is 0 Å². The second-order valence-corrected chi connectivity index (χ2v) is 7.72. The number of aromatic nitrogens is 4. The number of nitrogens with one attached hydrogen (secondary N) is 1. The predicted octanol–water partition coefficient (Wildman–Crippen LogP) is 1.37. The van der Waals surface area contributed by atoms with E-state index in [1.807, 2.05) is 32.9 Å². The van der Waals surface area contributed by atoms with Gasteiger partial charge >= 0.3 is 6.18 Å². The molecule has 2 N–H and O–H groups in total. The summed E-state index contributed by atoms with van der Waals surface area (Å²) in [6.07, 6.45) is -6.91. The van der Waals surface area contributed by atoms with Gasteiger partial charge in [0.05, 0.1) is 0 Å². The van der Waals surface area contributed by atoms with Gasteiger partial charge in [0.2, 0.25) is 0 Å². The minimum atomic E-state index is -4.58. The van der Waals surface area contributed by atoms with Crippen LogP contribution in [-0.4, -0.2) is 63.4 Å². The Morgan fingerprint density at radius 3 is 2.54 bits per heavy atom. The normalized spacial score (nSPS) is 17.6. The molecule has 0 bridgehead atoms. The van der Waals surface area contributed by atoms with E-state index in [0.717, 1.165) is 11.6 Å². The van der Waals surface area contributed by atoms with E-state index in [0.29, 0.717) is 25.3 Å². The van der Waals surface area contributed by atoms with Crippen molar-refractivity contribution in [1.82, 2.24) is 25.1 Å². The standard InChI is InChI=1S/C16H23F3N6O/c1-15(2,3)14-22-21-12-4-5-13(23-25(12)14)24-8-10(9-24)6-20-7-11(26)16(17,18)19/h4-5,10-11,20,26H,6-9H2,1-3H3. The highest BCUT2D eigenvalue weighted by molar-refractivity contribution is 5.47. The van der Waals surface area contributed by atoms with Gasteiger partial charge in [0.15, 0.2) is 17.6 Å². The van der Waals surface area contributed by atoms with Gasteiger partial charge < -0.3 is 15.3 Å². The van der Waals surface area contributed by atoms with E-state index >= 15 is 0 Å². The lowest BCUT2D eigenvalue weighted by Crippen LogP contribution is -2.52. The Bertz CT molecular complexity index is 763. The van der Waals surface area contributed by atoms with Crippen LogP contribution in [0, 0.1) is 5.92 Å². The highest BCUT2D eigenvalue weighted by Crippen LogP contribution is 2.25. The second kappa shape index (κ2) is 6.66. The highest BCUT2D eigenvalue weighted by atomic mass is 19.4. The number of aliphatic hydroxyl groups excluding tert-OH is 1. The van der Waals surface area contributed by atoms with Crippen molar-refractivity contribution in [2.75, 3.05) is 31.1 Å². The Labute approximate surface area is 149 Å². The molecule has 0 spiro atoms. The fourth-order valence-corrected chi connectivity index (χ4v) is 2.84. The smallest absolute Gasteiger partial charge is 0.382 e. The van der Waals surface area contributed by atoms with Gasteiger partial charge in [0, 0.05) is 37.5 Å². The van der Waals surface area contributed by atoms with Gasteiger partial charge in [-0.1, -0.05) is 20.8 Å². The number of anilines is 1. The van der Waals surface area contributed by atoms with Crippen LogP contribution < -0.4 is 10.2 Å². The number of aliphatic hydroxyl groups is 1. The van der Waals surface area contributed by atoms with Crippen molar-refractivity contribution in [3.05, 3.63) is 18.0 Å². The number of hydrogen-bond donors (Lipinski definition) is 2. The zero-order chi connectivity index (χ0) is 19.1. The zero-order valence-electron chi connectivity index (χ0n) is 15.0. The van der Waals surface area contributed by atoms with Gasteiger partial charge in [0.1, 0.15) is 5.82 Å². The molecule has 1 saturated heterocycles. The third-order valence-electron chi connectivity index (χ3n) is 4.35. The molecule has 1 aliphatic heterocycles. The fourth-order valence-electron chi connectivity index (χ4n) is 2.84. The van der Waals surface area contributed by atoms with Crippen LogP contribution in [0.3, 0.4) is 0 Å². The molecule has 10 heteroatoms. The molecule has 0 saturated carbocycles. The Morgan fingerprint density at radius 1 is 1.23 bits per heavy atom. The lowest BCUT2D eigenvalue weighted by atomic mass is 9.96. The maximum atomic E-state index is 12.3. The SMILES string of the molecule is CC(C)(C)c1nnc2ccc(N3CC(CNCC(O)C(F)(F)F)C3)nn12. The van der Waals surface area contributed by atoms with E-state index in [1.165, 1.54) is 0 Å². The highest BCUT2D eigenvalue weighted by Gasteiger charge is 2.38. The number of fused-ring (bicyclic) bond motifs is 1. The van der Waals surface area contributed by atoms with Crippen LogP contribution in [0.1, 0.15) is 26.6 Å². The molecule has 1 atom stereocenters. The summed E-state index contributed by atoms with van der Waals surface area (Å²) in [5, 5.41) is 24.6. The first-order valence-corrected chi connectivity index (χ1v) is 8.49. The van der Waals surface area contributed by atoms with E-state index in [1.54, 1.807) is 4.52 Å². The summed E-state index contributed by atoms with van der Waals surface area (Å²) in [6, 6.07) is 3.73. The molecule has 0 aliphatic carbocycles. The molecule has 26 heavy (non-hydrogen) atoms. The van der Waals surface area contributed by atoms with Crippen molar-refractivity contribution >= 4 is 11.5 Å². The monoisotopic (exact) mass is 372 g/mol. The topological polar surface area (TPSA) is 78.6 Å². The van der Waals surface area contributed by atoms with Crippen molar-refractivity contribution in [3.8, 4) is 0 Å². The van der Waals surface area contributed by atoms with Gasteiger partial charge in [-0.2, -0.15) is 17.7 Å². The Balaban J connectivity index is 1.56. The summed E-state index contributed by atoms with van der Waals surface area (Å²) in [5.41, 5.74) is 0.490. The summed E-state index contributed by atoms with van der Waals surface area (Å²) < 4.78 is 38.5. The maximum Gasteiger partial charge on any atom is 0.415 e. The minimum absolute atomic E-state index is 0.189. The third kappa shape index (κ3) is 3.90. The molecular weight excluding hydrogens is 349 g/mol. The fraction of sp³-hybridized carbons (Fsp3) is 0.688. The van der Waals surface area contributed by atoms with Gasteiger partial charge in [-0.15, -0.1) is 15.3 Å². The quantitative estimate of drug-likeness (QED) is 0.826. The molecule has 144 valence electrons. The average molecular weight is 372 g/mol. The Hall–Kier alpha value is -1.94. The molecule has 3 rings (SSSR count). The second-order valence-electron chi connectivity index (χ2n) is 7.72. The van der Waals surface area contributed by atoms with E-state index in [-0.39, 0.29) is 11.3 Å². The summed E-state index contributed by atoms with van der Waals surface area (Å²) in [7, 11) is 0. The Morgan fingerprint density at radius 2 is 1.92 bits per heavy atom. The summed E-state index contributed by atoms with van der Waals surface area (Å²) in [6.45, 7) is 7.45. The first kappa shape index (κ1) is 18.8. The van der Waals surface area contributed by atoms with Crippen LogP contribution in [0.25, 0.3) is 5.65 Å². The molecule has 7 nitrogen and oxygen atoms in total. The maximum absolute atomic E-state index is 12.3. The number of alkyl halides is 3. The molecule has 0 aromatic carbocycles. The van der Waals surface area contributed by atoms with Crippen LogP contribution in [0.5, 0.6) is 0 Å². The predicted molar refractivity (Wildman–Crippen MR) is 90.1 cm³/mol. The average Bonchev–Trinajstić information content (AvgIpc) is 2.91. The zero-order valence-corrected chi connectivity index (χ0v) is 15.0. The number of rotatable bonds is 5. The first-order chi connectivity index (χ1) is 12.1. The summed E-state index contributed by atoms with van der Waals surface area (Å²) in [4.78, 5) is 2.05. The van der Waals surface area contributed by atoms with Crippen molar-refractivity contribution < 1.29 is 18.3 Å². The lowest BCUT2D eigenvalue weighted by molar-refractivity contribution is -0.201. The molecular formula is C16H23F3N6O. The van der Waals surface area contributed by atoms with Gasteiger partial charge in [0.25, 0.3) is 0 Å². The van der Waals surface area contributed by atoms with Gasteiger partial charge in [-0.05, 0) is 12.1 Å². The van der Waals surface area contributed by atoms with Crippen LogP contribution in [0.4, 0.5) is 19.0 Å². The number of halogens is 3. The van der Waals surface area contributed by atoms with Crippen molar-refractivity contribution in [1.29, 1.82) is 0 Å². The van der Waals surface area contributed by atoms with E-state index < -0.39 is 18.8 Å². The van der Waals surface area contributed by atoms with Crippen LogP contribution in [-0.2, 0) is 5.41 Å². The molecule has 1 unspecified atom stereocenters. The Kier molecular flexibility index (Phi) is 4.82. The molecule has 2 aromatic heterocycles. The molecule has 2 aromatic rings. The van der Waals surface area contributed by atoms with E-state index in [4.69, 9.17) is 5.11 Å². The lowest BCUT2D eigenvalue weighted by Gasteiger charge is -2.40. The van der Waals surface area contributed by atoms with Crippen LogP contribution >= 0.6 is 0 Å². The molecule has 0 radical (unpaired) electrons. The number of nitrogens with zero attached hydrogens (tertiary/aromatic N) is 5. The van der Waals surface area contributed by atoms with E-state index in [9.17, 15) is 13.2 Å². The van der Waals surface area contributed by atoms with Crippen LogP contribution in [0.15, 0.2) is 12.1 Å². The molecule has 1 aliphatic rings. The minimum Gasteiger partial charge on any atom is -0.382 e. The molecule has 3 heterocycles. The summed E-state index contributed by atoms with van der Waals surface area (Å²) in [5.74, 6) is 1.78. The third-order valence-corrected chi connectivity index (χ3v) is 4.35. The van der Waals surface area contributed by atoms with Crippen molar-refractivity contribution in [3.63, 3.8) is 0 Å². The largest absolute Gasteiger partial charge is 0.415 e. The number of hydrogen-bond acceptors (Lipinski definition) is 6. The molecule has 0 amide bonds. The van der Waals surface area contributed by atoms with E-state index in [2.05, 4.69) is 25.5 Å². The molecule has 1 fully saturated rings. The van der Waals surface area contributed by atoms with Gasteiger partial charge in [-0.25, -0.2) is 0 Å². The summed E-state index contributed by atoms with van der Waals surface area (Å²) >= 11 is 0. The first-order valence-electron chi connectivity index (χ1n) is 8.49.